The van der Waals surface area contributed by atoms with Gasteiger partial charge in [0.2, 0.25) is 11.8 Å². The first kappa shape index (κ1) is 19.4. The zero-order chi connectivity index (χ0) is 20.5. The monoisotopic (exact) mass is 423 g/mol. The molecular weight excluding hydrogens is 398 g/mol. The summed E-state index contributed by atoms with van der Waals surface area (Å²) < 4.78 is 6.01. The van der Waals surface area contributed by atoms with Crippen LogP contribution in [-0.4, -0.2) is 50.5 Å². The number of piperidine rings is 1. The summed E-state index contributed by atoms with van der Waals surface area (Å²) in [6.07, 6.45) is 3.93. The Morgan fingerprint density at radius 3 is 2.90 bits per heavy atom. The predicted molar refractivity (Wildman–Crippen MR) is 114 cm³/mol. The molecule has 1 fully saturated rings. The number of nitrogens with zero attached hydrogens (tertiary/aromatic N) is 5. The maximum atomic E-state index is 13.2. The number of benzene rings is 1. The Bertz CT molecular complexity index is 1050. The van der Waals surface area contributed by atoms with Gasteiger partial charge in [-0.25, -0.2) is 4.98 Å². The van der Waals surface area contributed by atoms with E-state index in [1.54, 1.807) is 5.51 Å². The van der Waals surface area contributed by atoms with Crippen molar-refractivity contribution < 1.29 is 9.21 Å². The van der Waals surface area contributed by atoms with Crippen molar-refractivity contribution in [2.24, 2.45) is 0 Å². The maximum absolute atomic E-state index is 13.2. The Balaban J connectivity index is 1.30. The lowest BCUT2D eigenvalue weighted by Gasteiger charge is -2.36. The van der Waals surface area contributed by atoms with Crippen molar-refractivity contribution in [3.05, 3.63) is 52.5 Å². The van der Waals surface area contributed by atoms with E-state index >= 15 is 0 Å². The van der Waals surface area contributed by atoms with Crippen LogP contribution in [-0.2, 0) is 17.8 Å². The van der Waals surface area contributed by atoms with Gasteiger partial charge in [0.1, 0.15) is 10.9 Å². The highest BCUT2D eigenvalue weighted by molar-refractivity contribution is 7.13. The van der Waals surface area contributed by atoms with E-state index in [9.17, 15) is 4.79 Å². The van der Waals surface area contributed by atoms with Gasteiger partial charge in [0, 0.05) is 19.6 Å². The fourth-order valence-electron chi connectivity index (χ4n) is 4.43. The van der Waals surface area contributed by atoms with Crippen molar-refractivity contribution in [3.8, 4) is 10.8 Å². The molecule has 0 N–H and O–H groups in total. The van der Waals surface area contributed by atoms with Gasteiger partial charge in [-0.1, -0.05) is 24.3 Å². The standard InChI is InChI=1S/C22H25N5O2S/c1-15-20(30-14-23-15)22-25-24-21(29-22)18-8-4-5-10-27(18)19(28)13-26-11-9-16-6-2-3-7-17(16)12-26/h2-3,6-7,14,18H,4-5,8-13H2,1H3/t18-/m1/s1. The highest BCUT2D eigenvalue weighted by Gasteiger charge is 2.33. The number of hydrogen-bond acceptors (Lipinski definition) is 7. The van der Waals surface area contributed by atoms with Crippen LogP contribution in [0.3, 0.4) is 0 Å². The molecule has 8 heteroatoms. The normalized spacial score (nSPS) is 19.6. The molecule has 3 aromatic rings. The van der Waals surface area contributed by atoms with E-state index in [1.807, 2.05) is 11.8 Å². The average molecular weight is 424 g/mol. The summed E-state index contributed by atoms with van der Waals surface area (Å²) in [5, 5.41) is 8.54. The molecule has 0 radical (unpaired) electrons. The van der Waals surface area contributed by atoms with Crippen LogP contribution < -0.4 is 0 Å². The zero-order valence-corrected chi connectivity index (χ0v) is 17.9. The third kappa shape index (κ3) is 3.77. The molecule has 5 rings (SSSR count). The topological polar surface area (TPSA) is 75.4 Å². The molecule has 0 aliphatic carbocycles. The molecule has 7 nitrogen and oxygen atoms in total. The van der Waals surface area contributed by atoms with Gasteiger partial charge in [0.15, 0.2) is 0 Å². The molecule has 0 bridgehead atoms. The van der Waals surface area contributed by atoms with Crippen LogP contribution in [0.2, 0.25) is 0 Å². The van der Waals surface area contributed by atoms with Gasteiger partial charge in [-0.05, 0) is 43.7 Å². The number of carbonyl (C=O) groups is 1. The van der Waals surface area contributed by atoms with Gasteiger partial charge in [-0.2, -0.15) is 0 Å². The highest BCUT2D eigenvalue weighted by atomic mass is 32.1. The van der Waals surface area contributed by atoms with E-state index in [0.717, 1.165) is 55.9 Å². The van der Waals surface area contributed by atoms with Crippen molar-refractivity contribution in [2.75, 3.05) is 19.6 Å². The number of carbonyl (C=O) groups excluding carboxylic acids is 1. The maximum Gasteiger partial charge on any atom is 0.259 e. The fraction of sp³-hybridized carbons (Fsp3) is 0.455. The van der Waals surface area contributed by atoms with E-state index in [0.29, 0.717) is 18.3 Å². The Morgan fingerprint density at radius 2 is 2.07 bits per heavy atom. The lowest BCUT2D eigenvalue weighted by molar-refractivity contribution is -0.137. The number of rotatable bonds is 4. The van der Waals surface area contributed by atoms with E-state index < -0.39 is 0 Å². The SMILES string of the molecule is Cc1ncsc1-c1nnc([C@H]2CCCCN2C(=O)CN2CCc3ccccc3C2)o1. The van der Waals surface area contributed by atoms with Crippen molar-refractivity contribution in [3.63, 3.8) is 0 Å². The fourth-order valence-corrected chi connectivity index (χ4v) is 5.15. The van der Waals surface area contributed by atoms with Crippen molar-refractivity contribution in [1.29, 1.82) is 0 Å². The molecule has 2 aliphatic heterocycles. The number of aromatic nitrogens is 3. The summed E-state index contributed by atoms with van der Waals surface area (Å²) in [5.41, 5.74) is 5.39. The summed E-state index contributed by atoms with van der Waals surface area (Å²) in [4.78, 5) is 22.6. The molecule has 1 saturated heterocycles. The summed E-state index contributed by atoms with van der Waals surface area (Å²) in [5.74, 6) is 1.18. The molecule has 156 valence electrons. The summed E-state index contributed by atoms with van der Waals surface area (Å²) in [6, 6.07) is 8.37. The molecule has 0 unspecified atom stereocenters. The summed E-state index contributed by atoms with van der Waals surface area (Å²) in [7, 11) is 0. The number of likely N-dealkylation sites (tertiary alicyclic amines) is 1. The molecule has 30 heavy (non-hydrogen) atoms. The molecule has 4 heterocycles. The van der Waals surface area contributed by atoms with Gasteiger partial charge in [-0.15, -0.1) is 21.5 Å². The van der Waals surface area contributed by atoms with Gasteiger partial charge >= 0.3 is 0 Å². The minimum Gasteiger partial charge on any atom is -0.418 e. The molecule has 1 amide bonds. The number of amides is 1. The highest BCUT2D eigenvalue weighted by Crippen LogP contribution is 2.33. The number of hydrogen-bond donors (Lipinski definition) is 0. The largest absolute Gasteiger partial charge is 0.418 e. The predicted octanol–water partition coefficient (Wildman–Crippen LogP) is 3.61. The molecule has 2 aliphatic rings. The lowest BCUT2D eigenvalue weighted by atomic mass is 9.99. The van der Waals surface area contributed by atoms with Crippen LogP contribution in [0.25, 0.3) is 10.8 Å². The third-order valence-corrected chi connectivity index (χ3v) is 6.97. The van der Waals surface area contributed by atoms with Gasteiger partial charge in [0.05, 0.1) is 17.7 Å². The van der Waals surface area contributed by atoms with E-state index in [-0.39, 0.29) is 11.9 Å². The Morgan fingerprint density at radius 1 is 1.20 bits per heavy atom. The average Bonchev–Trinajstić information content (AvgIpc) is 3.42. The Kier molecular flexibility index (Phi) is 5.35. The van der Waals surface area contributed by atoms with Crippen LogP contribution in [0.4, 0.5) is 0 Å². The second-order valence-electron chi connectivity index (χ2n) is 8.04. The number of thiazole rings is 1. The van der Waals surface area contributed by atoms with Gasteiger partial charge < -0.3 is 9.32 Å². The second-order valence-corrected chi connectivity index (χ2v) is 8.90. The minimum atomic E-state index is -0.141. The first-order valence-corrected chi connectivity index (χ1v) is 11.4. The molecule has 2 aromatic heterocycles. The van der Waals surface area contributed by atoms with E-state index in [2.05, 4.69) is 44.3 Å². The molecule has 1 atom stereocenters. The zero-order valence-electron chi connectivity index (χ0n) is 17.1. The lowest BCUT2D eigenvalue weighted by Crippen LogP contribution is -2.45. The Hall–Kier alpha value is -2.58. The Labute approximate surface area is 179 Å². The van der Waals surface area contributed by atoms with Crippen molar-refractivity contribution in [2.45, 2.75) is 45.2 Å². The first-order chi connectivity index (χ1) is 14.7. The molecule has 0 saturated carbocycles. The van der Waals surface area contributed by atoms with E-state index in [4.69, 9.17) is 4.42 Å². The van der Waals surface area contributed by atoms with E-state index in [1.165, 1.54) is 22.5 Å². The molecule has 1 aromatic carbocycles. The van der Waals surface area contributed by atoms with Crippen LogP contribution >= 0.6 is 11.3 Å². The van der Waals surface area contributed by atoms with Crippen molar-refractivity contribution in [1.82, 2.24) is 25.0 Å². The van der Waals surface area contributed by atoms with Crippen LogP contribution in [0.15, 0.2) is 34.2 Å². The smallest absolute Gasteiger partial charge is 0.259 e. The van der Waals surface area contributed by atoms with Crippen molar-refractivity contribution >= 4 is 17.2 Å². The van der Waals surface area contributed by atoms with Crippen LogP contribution in [0, 0.1) is 6.92 Å². The first-order valence-electron chi connectivity index (χ1n) is 10.5. The number of fused-ring (bicyclic) bond motifs is 1. The summed E-state index contributed by atoms with van der Waals surface area (Å²) >= 11 is 1.49. The quantitative estimate of drug-likeness (QED) is 0.638. The molecular formula is C22H25N5O2S. The summed E-state index contributed by atoms with van der Waals surface area (Å²) in [6.45, 7) is 4.85. The minimum absolute atomic E-state index is 0.141. The molecule has 0 spiro atoms. The van der Waals surface area contributed by atoms with Gasteiger partial charge in [0.25, 0.3) is 5.89 Å². The second kappa shape index (κ2) is 8.28. The van der Waals surface area contributed by atoms with Crippen LogP contribution in [0.5, 0.6) is 0 Å². The van der Waals surface area contributed by atoms with Crippen LogP contribution in [0.1, 0.15) is 48.0 Å². The number of aryl methyl sites for hydroxylation is 1. The third-order valence-electron chi connectivity index (χ3n) is 6.06. The van der Waals surface area contributed by atoms with Gasteiger partial charge in [-0.3, -0.25) is 9.69 Å².